The van der Waals surface area contributed by atoms with E-state index < -0.39 is 9.84 Å². The second-order valence-corrected chi connectivity index (χ2v) is 8.39. The molecule has 2 N–H and O–H groups in total. The van der Waals surface area contributed by atoms with E-state index in [4.69, 9.17) is 5.73 Å². The Labute approximate surface area is 114 Å². The number of methoxy groups -OCH3 is 1. The summed E-state index contributed by atoms with van der Waals surface area (Å²) in [6, 6.07) is 0.00397. The van der Waals surface area contributed by atoms with E-state index >= 15 is 0 Å². The highest BCUT2D eigenvalue weighted by Gasteiger charge is 2.49. The van der Waals surface area contributed by atoms with Gasteiger partial charge in [-0.1, -0.05) is 6.42 Å². The monoisotopic (exact) mass is 289 g/mol. The van der Waals surface area contributed by atoms with Crippen LogP contribution in [0.4, 0.5) is 0 Å². The van der Waals surface area contributed by atoms with Gasteiger partial charge < -0.3 is 10.5 Å². The fraction of sp³-hybridized carbons (Fsp3) is 0.923. The molecule has 2 saturated carbocycles. The first-order valence-corrected chi connectivity index (χ1v) is 8.62. The Morgan fingerprint density at radius 2 is 2.05 bits per heavy atom. The molecule has 0 aromatic heterocycles. The van der Waals surface area contributed by atoms with Crippen molar-refractivity contribution in [3.05, 3.63) is 0 Å². The number of nitrogens with two attached hydrogens (primary N) is 1. The second kappa shape index (κ2) is 5.40. The molecule has 0 aromatic rings. The van der Waals surface area contributed by atoms with Gasteiger partial charge in [-0.3, -0.25) is 4.79 Å². The molecule has 0 amide bonds. The standard InChI is InChI=1S/C13H23NO4S/c1-18-12(15)8-13(5-6-13)9-19(16,17)11-4-2-3-10(14)7-11/h10-11H,2-9,14H2,1H3. The number of hydrogen-bond acceptors (Lipinski definition) is 5. The minimum absolute atomic E-state index is 0.00397. The molecule has 0 heterocycles. The van der Waals surface area contributed by atoms with E-state index in [2.05, 4.69) is 4.74 Å². The van der Waals surface area contributed by atoms with Gasteiger partial charge in [-0.05, 0) is 37.5 Å². The average Bonchev–Trinajstić information content (AvgIpc) is 3.07. The molecule has 6 heteroatoms. The van der Waals surface area contributed by atoms with Crippen molar-refractivity contribution < 1.29 is 17.9 Å². The fourth-order valence-electron chi connectivity index (χ4n) is 2.98. The summed E-state index contributed by atoms with van der Waals surface area (Å²) in [5.74, 6) is -0.194. The Hall–Kier alpha value is -0.620. The van der Waals surface area contributed by atoms with Gasteiger partial charge in [-0.2, -0.15) is 0 Å². The van der Waals surface area contributed by atoms with Crippen molar-refractivity contribution >= 4 is 15.8 Å². The second-order valence-electron chi connectivity index (χ2n) is 6.11. The van der Waals surface area contributed by atoms with Gasteiger partial charge in [0.1, 0.15) is 0 Å². The van der Waals surface area contributed by atoms with Crippen molar-refractivity contribution in [2.45, 2.75) is 56.2 Å². The average molecular weight is 289 g/mol. The lowest BCUT2D eigenvalue weighted by Crippen LogP contribution is -2.38. The van der Waals surface area contributed by atoms with Gasteiger partial charge in [0.05, 0.1) is 24.5 Å². The molecule has 2 aliphatic carbocycles. The van der Waals surface area contributed by atoms with Gasteiger partial charge in [0.2, 0.25) is 0 Å². The van der Waals surface area contributed by atoms with Crippen LogP contribution >= 0.6 is 0 Å². The molecule has 0 saturated heterocycles. The number of sulfone groups is 1. The molecule has 0 radical (unpaired) electrons. The minimum atomic E-state index is -3.15. The van der Waals surface area contributed by atoms with Crippen molar-refractivity contribution in [3.63, 3.8) is 0 Å². The first-order valence-electron chi connectivity index (χ1n) is 6.91. The molecule has 2 rings (SSSR count). The van der Waals surface area contributed by atoms with Crippen LogP contribution in [0, 0.1) is 5.41 Å². The Morgan fingerprint density at radius 1 is 1.37 bits per heavy atom. The maximum atomic E-state index is 12.4. The quantitative estimate of drug-likeness (QED) is 0.763. The number of rotatable bonds is 5. The molecule has 2 fully saturated rings. The Balaban J connectivity index is 1.99. The lowest BCUT2D eigenvalue weighted by atomic mass is 9.96. The molecular weight excluding hydrogens is 266 g/mol. The highest BCUT2D eigenvalue weighted by atomic mass is 32.2. The van der Waals surface area contributed by atoms with Crippen LogP contribution in [0.2, 0.25) is 0 Å². The van der Waals surface area contributed by atoms with Gasteiger partial charge in [0, 0.05) is 6.04 Å². The molecule has 110 valence electrons. The third-order valence-corrected chi connectivity index (χ3v) is 6.84. The van der Waals surface area contributed by atoms with E-state index in [0.29, 0.717) is 12.8 Å². The summed E-state index contributed by atoms with van der Waals surface area (Å²) in [6.45, 7) is 0. The molecule has 19 heavy (non-hydrogen) atoms. The smallest absolute Gasteiger partial charge is 0.306 e. The van der Waals surface area contributed by atoms with Gasteiger partial charge in [0.25, 0.3) is 0 Å². The van der Waals surface area contributed by atoms with Crippen molar-refractivity contribution in [2.75, 3.05) is 12.9 Å². The zero-order valence-electron chi connectivity index (χ0n) is 11.4. The zero-order chi connectivity index (χ0) is 14.1. The first kappa shape index (κ1) is 14.8. The predicted molar refractivity (Wildman–Crippen MR) is 72.3 cm³/mol. The Morgan fingerprint density at radius 3 is 2.58 bits per heavy atom. The summed E-state index contributed by atoms with van der Waals surface area (Å²) in [4.78, 5) is 11.3. The first-order chi connectivity index (χ1) is 8.87. The normalized spacial score (nSPS) is 29.8. The van der Waals surface area contributed by atoms with Crippen LogP contribution in [0.1, 0.15) is 44.9 Å². The summed E-state index contributed by atoms with van der Waals surface area (Å²) in [6.07, 6.45) is 4.91. The van der Waals surface area contributed by atoms with Gasteiger partial charge in [-0.15, -0.1) is 0 Å². The third kappa shape index (κ3) is 3.69. The molecule has 0 aliphatic heterocycles. The highest BCUT2D eigenvalue weighted by Crippen LogP contribution is 2.50. The molecule has 2 aliphatic rings. The molecule has 5 nitrogen and oxygen atoms in total. The summed E-state index contributed by atoms with van der Waals surface area (Å²) in [5.41, 5.74) is 5.51. The van der Waals surface area contributed by atoms with E-state index in [0.717, 1.165) is 25.7 Å². The zero-order valence-corrected chi connectivity index (χ0v) is 12.2. The Kier molecular flexibility index (Phi) is 4.20. The maximum absolute atomic E-state index is 12.4. The van der Waals surface area contributed by atoms with Crippen molar-refractivity contribution in [1.29, 1.82) is 0 Å². The summed E-state index contributed by atoms with van der Waals surface area (Å²) in [5, 5.41) is -0.314. The minimum Gasteiger partial charge on any atom is -0.469 e. The molecule has 2 atom stereocenters. The number of hydrogen-bond donors (Lipinski definition) is 1. The summed E-state index contributed by atoms with van der Waals surface area (Å²) in [7, 11) is -1.81. The topological polar surface area (TPSA) is 86.5 Å². The van der Waals surface area contributed by atoms with Crippen LogP contribution < -0.4 is 5.73 Å². The molecule has 0 aromatic carbocycles. The largest absolute Gasteiger partial charge is 0.469 e. The third-order valence-electron chi connectivity index (χ3n) is 4.39. The predicted octanol–water partition coefficient (Wildman–Crippen LogP) is 1.01. The van der Waals surface area contributed by atoms with Crippen LogP contribution in [-0.4, -0.2) is 38.5 Å². The summed E-state index contributed by atoms with van der Waals surface area (Å²) >= 11 is 0. The SMILES string of the molecule is COC(=O)CC1(CS(=O)(=O)C2CCCC(N)C2)CC1. The van der Waals surface area contributed by atoms with E-state index in [1.807, 2.05) is 0 Å². The van der Waals surface area contributed by atoms with Crippen LogP contribution in [0.3, 0.4) is 0 Å². The van der Waals surface area contributed by atoms with Crippen LogP contribution in [0.25, 0.3) is 0 Å². The van der Waals surface area contributed by atoms with Crippen molar-refractivity contribution in [2.24, 2.45) is 11.1 Å². The number of carbonyl (C=O) groups is 1. The van der Waals surface area contributed by atoms with Gasteiger partial charge in [-0.25, -0.2) is 8.42 Å². The van der Waals surface area contributed by atoms with Crippen LogP contribution in [0.15, 0.2) is 0 Å². The number of carbonyl (C=O) groups excluding carboxylic acids is 1. The Bertz CT molecular complexity index is 442. The molecule has 0 spiro atoms. The lowest BCUT2D eigenvalue weighted by molar-refractivity contribution is -0.141. The number of esters is 1. The van der Waals surface area contributed by atoms with E-state index in [1.54, 1.807) is 0 Å². The molecule has 2 unspecified atom stereocenters. The fourth-order valence-corrected chi connectivity index (χ4v) is 5.53. The maximum Gasteiger partial charge on any atom is 0.306 e. The van der Waals surface area contributed by atoms with Gasteiger partial charge in [0.15, 0.2) is 9.84 Å². The number of ether oxygens (including phenoxy) is 1. The molecular formula is C13H23NO4S. The van der Waals surface area contributed by atoms with E-state index in [1.165, 1.54) is 7.11 Å². The van der Waals surface area contributed by atoms with E-state index in [-0.39, 0.29) is 34.8 Å². The molecule has 0 bridgehead atoms. The lowest BCUT2D eigenvalue weighted by Gasteiger charge is -2.27. The van der Waals surface area contributed by atoms with Crippen molar-refractivity contribution in [1.82, 2.24) is 0 Å². The van der Waals surface area contributed by atoms with Gasteiger partial charge >= 0.3 is 5.97 Å². The van der Waals surface area contributed by atoms with Crippen LogP contribution in [0.5, 0.6) is 0 Å². The summed E-state index contributed by atoms with van der Waals surface area (Å²) < 4.78 is 29.5. The van der Waals surface area contributed by atoms with E-state index in [9.17, 15) is 13.2 Å². The highest BCUT2D eigenvalue weighted by molar-refractivity contribution is 7.92. The van der Waals surface area contributed by atoms with Crippen LogP contribution in [-0.2, 0) is 19.4 Å². The van der Waals surface area contributed by atoms with Crippen molar-refractivity contribution in [3.8, 4) is 0 Å².